The highest BCUT2D eigenvalue weighted by Gasteiger charge is 2.30. The molecule has 1 fully saturated rings. The summed E-state index contributed by atoms with van der Waals surface area (Å²) >= 11 is 0. The Labute approximate surface area is 116 Å². The summed E-state index contributed by atoms with van der Waals surface area (Å²) in [6, 6.07) is 7.08. The van der Waals surface area contributed by atoms with Crippen LogP contribution in [0.3, 0.4) is 0 Å². The normalized spacial score (nSPS) is 18.0. The van der Waals surface area contributed by atoms with Crippen molar-refractivity contribution >= 4 is 16.7 Å². The van der Waals surface area contributed by atoms with Gasteiger partial charge in [0.25, 0.3) is 0 Å². The first-order valence-corrected chi connectivity index (χ1v) is 6.64. The van der Waals surface area contributed by atoms with E-state index in [2.05, 4.69) is 4.98 Å². The standard InChI is InChI=1S/C15H16N2O3/c18-15(19)14(17-5-7-20-8-6-17)13-10-16-9-11-3-1-2-4-12(11)13/h1-4,9-10,14H,5-8H2,(H,18,19). The number of carboxylic acid groups (broad SMARTS) is 1. The summed E-state index contributed by atoms with van der Waals surface area (Å²) in [6.45, 7) is 2.39. The number of carboxylic acids is 1. The molecule has 104 valence electrons. The lowest BCUT2D eigenvalue weighted by Gasteiger charge is -2.32. The van der Waals surface area contributed by atoms with E-state index in [0.29, 0.717) is 26.3 Å². The first-order valence-electron chi connectivity index (χ1n) is 6.64. The predicted molar refractivity (Wildman–Crippen MR) is 74.5 cm³/mol. The molecule has 2 heterocycles. The summed E-state index contributed by atoms with van der Waals surface area (Å²) < 4.78 is 5.30. The zero-order chi connectivity index (χ0) is 13.9. The Morgan fingerprint density at radius 2 is 2.00 bits per heavy atom. The highest BCUT2D eigenvalue weighted by atomic mass is 16.5. The maximum absolute atomic E-state index is 11.7. The van der Waals surface area contributed by atoms with Crippen molar-refractivity contribution in [2.75, 3.05) is 26.3 Å². The number of hydrogen-bond donors (Lipinski definition) is 1. The lowest BCUT2D eigenvalue weighted by atomic mass is 10.00. The molecule has 2 aromatic rings. The van der Waals surface area contributed by atoms with Gasteiger partial charge in [-0.1, -0.05) is 24.3 Å². The quantitative estimate of drug-likeness (QED) is 0.921. The minimum absolute atomic E-state index is 0.571. The number of fused-ring (bicyclic) bond motifs is 1. The Hall–Kier alpha value is -1.98. The van der Waals surface area contributed by atoms with E-state index in [0.717, 1.165) is 16.3 Å². The molecule has 0 saturated carbocycles. The Kier molecular flexibility index (Phi) is 3.62. The number of carbonyl (C=O) groups is 1. The second-order valence-electron chi connectivity index (χ2n) is 4.84. The van der Waals surface area contributed by atoms with E-state index in [1.54, 1.807) is 12.4 Å². The molecule has 20 heavy (non-hydrogen) atoms. The fourth-order valence-corrected chi connectivity index (χ4v) is 2.68. The van der Waals surface area contributed by atoms with Crippen molar-refractivity contribution in [3.05, 3.63) is 42.2 Å². The molecule has 1 aromatic heterocycles. The molecule has 1 unspecified atom stereocenters. The van der Waals surface area contributed by atoms with Gasteiger partial charge >= 0.3 is 5.97 Å². The van der Waals surface area contributed by atoms with Crippen LogP contribution in [-0.4, -0.2) is 47.3 Å². The highest BCUT2D eigenvalue weighted by molar-refractivity contribution is 5.89. The third-order valence-corrected chi connectivity index (χ3v) is 3.64. The van der Waals surface area contributed by atoms with Crippen LogP contribution in [0.1, 0.15) is 11.6 Å². The number of aromatic nitrogens is 1. The summed E-state index contributed by atoms with van der Waals surface area (Å²) in [7, 11) is 0. The van der Waals surface area contributed by atoms with E-state index < -0.39 is 12.0 Å². The van der Waals surface area contributed by atoms with Gasteiger partial charge in [-0.2, -0.15) is 0 Å². The highest BCUT2D eigenvalue weighted by Crippen LogP contribution is 2.28. The van der Waals surface area contributed by atoms with E-state index in [-0.39, 0.29) is 0 Å². The largest absolute Gasteiger partial charge is 0.480 e. The topological polar surface area (TPSA) is 62.7 Å². The number of rotatable bonds is 3. The van der Waals surface area contributed by atoms with Crippen molar-refractivity contribution in [3.8, 4) is 0 Å². The van der Waals surface area contributed by atoms with Gasteiger partial charge in [0.2, 0.25) is 0 Å². The minimum Gasteiger partial charge on any atom is -0.480 e. The number of nitrogens with zero attached hydrogens (tertiary/aromatic N) is 2. The number of hydrogen-bond acceptors (Lipinski definition) is 4. The number of morpholine rings is 1. The molecule has 0 bridgehead atoms. The van der Waals surface area contributed by atoms with E-state index in [1.165, 1.54) is 0 Å². The van der Waals surface area contributed by atoms with Crippen molar-refractivity contribution < 1.29 is 14.6 Å². The van der Waals surface area contributed by atoms with E-state index in [4.69, 9.17) is 4.74 Å². The lowest BCUT2D eigenvalue weighted by molar-refractivity contribution is -0.145. The van der Waals surface area contributed by atoms with Crippen molar-refractivity contribution in [2.45, 2.75) is 6.04 Å². The van der Waals surface area contributed by atoms with E-state index >= 15 is 0 Å². The van der Waals surface area contributed by atoms with Crippen molar-refractivity contribution in [2.24, 2.45) is 0 Å². The van der Waals surface area contributed by atoms with Crippen LogP contribution >= 0.6 is 0 Å². The molecule has 5 heteroatoms. The fraction of sp³-hybridized carbons (Fsp3) is 0.333. The molecule has 0 radical (unpaired) electrons. The molecular weight excluding hydrogens is 256 g/mol. The summed E-state index contributed by atoms with van der Waals surface area (Å²) in [5.41, 5.74) is 0.748. The van der Waals surface area contributed by atoms with Gasteiger partial charge in [-0.15, -0.1) is 0 Å². The molecule has 1 saturated heterocycles. The van der Waals surface area contributed by atoms with Crippen molar-refractivity contribution in [1.29, 1.82) is 0 Å². The zero-order valence-corrected chi connectivity index (χ0v) is 11.0. The predicted octanol–water partition coefficient (Wildman–Crippen LogP) is 1.69. The van der Waals surface area contributed by atoms with E-state index in [1.807, 2.05) is 29.2 Å². The van der Waals surface area contributed by atoms with Gasteiger partial charge in [0, 0.05) is 36.4 Å². The molecule has 3 rings (SSSR count). The molecule has 5 nitrogen and oxygen atoms in total. The molecule has 0 spiro atoms. The number of benzene rings is 1. The van der Waals surface area contributed by atoms with E-state index in [9.17, 15) is 9.90 Å². The third kappa shape index (κ3) is 2.37. The van der Waals surface area contributed by atoms with Gasteiger partial charge in [0.05, 0.1) is 13.2 Å². The van der Waals surface area contributed by atoms with Gasteiger partial charge in [-0.25, -0.2) is 0 Å². The first kappa shape index (κ1) is 13.0. The Morgan fingerprint density at radius 1 is 1.25 bits per heavy atom. The number of ether oxygens (including phenoxy) is 1. The number of pyridine rings is 1. The van der Waals surface area contributed by atoms with Crippen LogP contribution in [0.15, 0.2) is 36.7 Å². The SMILES string of the molecule is O=C(O)C(c1cncc2ccccc12)N1CCOCC1. The Bertz CT molecular complexity index is 618. The van der Waals surface area contributed by atoms with Crippen LogP contribution in [0, 0.1) is 0 Å². The second-order valence-corrected chi connectivity index (χ2v) is 4.84. The average Bonchev–Trinajstić information content (AvgIpc) is 2.48. The lowest BCUT2D eigenvalue weighted by Crippen LogP contribution is -2.42. The first-order chi connectivity index (χ1) is 9.77. The van der Waals surface area contributed by atoms with Crippen molar-refractivity contribution in [3.63, 3.8) is 0 Å². The van der Waals surface area contributed by atoms with Gasteiger partial charge in [0.1, 0.15) is 6.04 Å². The molecular formula is C15H16N2O3. The minimum atomic E-state index is -0.843. The fourth-order valence-electron chi connectivity index (χ4n) is 2.68. The summed E-state index contributed by atoms with van der Waals surface area (Å²) in [4.78, 5) is 17.9. The second kappa shape index (κ2) is 5.56. The Balaban J connectivity index is 2.07. The summed E-state index contributed by atoms with van der Waals surface area (Å²) in [5, 5.41) is 11.5. The molecule has 1 N–H and O–H groups in total. The van der Waals surface area contributed by atoms with Crippen LogP contribution in [0.5, 0.6) is 0 Å². The van der Waals surface area contributed by atoms with Gasteiger partial charge in [-0.05, 0) is 5.39 Å². The zero-order valence-electron chi connectivity index (χ0n) is 11.0. The molecule has 1 aliphatic heterocycles. The maximum Gasteiger partial charge on any atom is 0.325 e. The third-order valence-electron chi connectivity index (χ3n) is 3.64. The molecule has 1 aromatic carbocycles. The average molecular weight is 272 g/mol. The van der Waals surface area contributed by atoms with Gasteiger partial charge in [0.15, 0.2) is 0 Å². The monoisotopic (exact) mass is 272 g/mol. The number of aliphatic carboxylic acids is 1. The summed E-state index contributed by atoms with van der Waals surface area (Å²) in [6.07, 6.45) is 3.42. The molecule has 1 atom stereocenters. The molecule has 0 amide bonds. The molecule has 0 aliphatic carbocycles. The van der Waals surface area contributed by atoms with Crippen LogP contribution in [-0.2, 0) is 9.53 Å². The Morgan fingerprint density at radius 3 is 2.75 bits per heavy atom. The van der Waals surface area contributed by atoms with Crippen LogP contribution in [0.25, 0.3) is 10.8 Å². The van der Waals surface area contributed by atoms with Gasteiger partial charge < -0.3 is 9.84 Å². The molecule has 1 aliphatic rings. The van der Waals surface area contributed by atoms with Crippen LogP contribution in [0.2, 0.25) is 0 Å². The van der Waals surface area contributed by atoms with Crippen LogP contribution < -0.4 is 0 Å². The maximum atomic E-state index is 11.7. The summed E-state index contributed by atoms with van der Waals surface area (Å²) in [5.74, 6) is -0.843. The van der Waals surface area contributed by atoms with Crippen molar-refractivity contribution in [1.82, 2.24) is 9.88 Å². The van der Waals surface area contributed by atoms with Crippen LogP contribution in [0.4, 0.5) is 0 Å². The van der Waals surface area contributed by atoms with Gasteiger partial charge in [-0.3, -0.25) is 14.7 Å². The smallest absolute Gasteiger partial charge is 0.325 e.